The molecule has 1 saturated carbocycles. The fraction of sp³-hybridized carbons (Fsp3) is 0.786. The Morgan fingerprint density at radius 2 is 2.00 bits per heavy atom. The summed E-state index contributed by atoms with van der Waals surface area (Å²) in [6, 6.07) is 0.769. The highest BCUT2D eigenvalue weighted by Crippen LogP contribution is 2.28. The second-order valence-corrected chi connectivity index (χ2v) is 5.98. The highest BCUT2D eigenvalue weighted by molar-refractivity contribution is 5.36. The van der Waals surface area contributed by atoms with Crippen LogP contribution in [0.1, 0.15) is 46.5 Å². The molecule has 1 fully saturated rings. The molecule has 6 nitrogen and oxygen atoms in total. The third-order valence-corrected chi connectivity index (χ3v) is 3.73. The van der Waals surface area contributed by atoms with Crippen LogP contribution in [-0.4, -0.2) is 34.1 Å². The van der Waals surface area contributed by atoms with Crippen molar-refractivity contribution in [1.82, 2.24) is 15.0 Å². The minimum atomic E-state index is 0.0182. The van der Waals surface area contributed by atoms with E-state index < -0.39 is 0 Å². The Hall–Kier alpha value is -1.59. The molecule has 20 heavy (non-hydrogen) atoms. The lowest BCUT2D eigenvalue weighted by Crippen LogP contribution is -2.36. The Morgan fingerprint density at radius 3 is 2.65 bits per heavy atom. The van der Waals surface area contributed by atoms with Crippen LogP contribution in [0.3, 0.4) is 0 Å². The van der Waals surface area contributed by atoms with Gasteiger partial charge in [-0.25, -0.2) is 0 Å². The lowest BCUT2D eigenvalue weighted by molar-refractivity contribution is 0.221. The lowest BCUT2D eigenvalue weighted by atomic mass is 9.86. The second-order valence-electron chi connectivity index (χ2n) is 5.98. The van der Waals surface area contributed by atoms with Crippen molar-refractivity contribution in [3.63, 3.8) is 0 Å². The molecule has 1 aromatic heterocycles. The van der Waals surface area contributed by atoms with Crippen molar-refractivity contribution < 1.29 is 4.74 Å². The van der Waals surface area contributed by atoms with E-state index in [-0.39, 0.29) is 12.1 Å². The second kappa shape index (κ2) is 6.24. The average Bonchev–Trinajstić information content (AvgIpc) is 2.36. The van der Waals surface area contributed by atoms with Crippen LogP contribution in [0, 0.1) is 5.92 Å². The topological polar surface area (TPSA) is 77.2 Å². The number of hydrogen-bond acceptors (Lipinski definition) is 6. The molecule has 1 aromatic rings. The van der Waals surface area contributed by atoms with Gasteiger partial charge in [0.2, 0.25) is 11.9 Å². The van der Waals surface area contributed by atoms with Crippen molar-refractivity contribution in [3.8, 4) is 6.01 Å². The SMILES string of the molecule is CC1CCCC(N(C)c2nc(N)nc(OC(C)C)n2)C1. The van der Waals surface area contributed by atoms with Gasteiger partial charge in [0.1, 0.15) is 0 Å². The van der Waals surface area contributed by atoms with Gasteiger partial charge in [0.15, 0.2) is 0 Å². The van der Waals surface area contributed by atoms with E-state index in [0.717, 1.165) is 5.92 Å². The third kappa shape index (κ3) is 3.71. The molecule has 2 atom stereocenters. The summed E-state index contributed by atoms with van der Waals surface area (Å²) in [5, 5.41) is 0. The van der Waals surface area contributed by atoms with Gasteiger partial charge in [-0.2, -0.15) is 15.0 Å². The summed E-state index contributed by atoms with van der Waals surface area (Å²) in [6.07, 6.45) is 4.93. The van der Waals surface area contributed by atoms with Crippen molar-refractivity contribution in [2.24, 2.45) is 5.92 Å². The van der Waals surface area contributed by atoms with E-state index in [4.69, 9.17) is 10.5 Å². The highest BCUT2D eigenvalue weighted by atomic mass is 16.5. The summed E-state index contributed by atoms with van der Waals surface area (Å²) in [7, 11) is 2.02. The first-order valence-corrected chi connectivity index (χ1v) is 7.36. The fourth-order valence-electron chi connectivity index (χ4n) is 2.70. The molecule has 0 bridgehead atoms. The zero-order valence-electron chi connectivity index (χ0n) is 12.8. The van der Waals surface area contributed by atoms with E-state index >= 15 is 0 Å². The molecule has 2 rings (SSSR count). The number of ether oxygens (including phenoxy) is 1. The molecule has 1 aliphatic carbocycles. The van der Waals surface area contributed by atoms with Gasteiger partial charge < -0.3 is 15.4 Å². The van der Waals surface area contributed by atoms with Crippen LogP contribution in [0.25, 0.3) is 0 Å². The number of rotatable bonds is 4. The van der Waals surface area contributed by atoms with E-state index in [1.54, 1.807) is 0 Å². The summed E-state index contributed by atoms with van der Waals surface area (Å²) in [4.78, 5) is 14.8. The van der Waals surface area contributed by atoms with Crippen LogP contribution in [-0.2, 0) is 0 Å². The minimum absolute atomic E-state index is 0.0182. The molecule has 0 amide bonds. The van der Waals surface area contributed by atoms with Gasteiger partial charge in [0.05, 0.1) is 6.10 Å². The molecule has 0 saturated heterocycles. The average molecular weight is 279 g/mol. The quantitative estimate of drug-likeness (QED) is 0.911. The van der Waals surface area contributed by atoms with Crippen molar-refractivity contribution in [3.05, 3.63) is 0 Å². The summed E-state index contributed by atoms with van der Waals surface area (Å²) in [6.45, 7) is 6.17. The van der Waals surface area contributed by atoms with E-state index in [2.05, 4.69) is 26.8 Å². The molecule has 2 unspecified atom stereocenters. The van der Waals surface area contributed by atoms with Gasteiger partial charge in [-0.05, 0) is 32.6 Å². The number of aromatic nitrogens is 3. The normalized spacial score (nSPS) is 22.9. The Kier molecular flexibility index (Phi) is 4.62. The van der Waals surface area contributed by atoms with Gasteiger partial charge in [0.25, 0.3) is 0 Å². The van der Waals surface area contributed by atoms with Crippen LogP contribution in [0.5, 0.6) is 6.01 Å². The van der Waals surface area contributed by atoms with Crippen molar-refractivity contribution in [1.29, 1.82) is 0 Å². The van der Waals surface area contributed by atoms with Crippen molar-refractivity contribution in [2.75, 3.05) is 17.7 Å². The molecule has 112 valence electrons. The highest BCUT2D eigenvalue weighted by Gasteiger charge is 2.24. The predicted octanol–water partition coefficient (Wildman–Crippen LogP) is 2.26. The summed E-state index contributed by atoms with van der Waals surface area (Å²) in [5.41, 5.74) is 5.76. The largest absolute Gasteiger partial charge is 0.461 e. The maximum atomic E-state index is 5.76. The van der Waals surface area contributed by atoms with Crippen LogP contribution >= 0.6 is 0 Å². The zero-order valence-corrected chi connectivity index (χ0v) is 12.8. The van der Waals surface area contributed by atoms with Crippen LogP contribution in [0.2, 0.25) is 0 Å². The molecule has 0 aliphatic heterocycles. The van der Waals surface area contributed by atoms with Gasteiger partial charge >= 0.3 is 6.01 Å². The molecule has 1 heterocycles. The molecular weight excluding hydrogens is 254 g/mol. The maximum absolute atomic E-state index is 5.76. The van der Waals surface area contributed by atoms with Gasteiger partial charge in [-0.3, -0.25) is 0 Å². The van der Waals surface area contributed by atoms with Crippen LogP contribution in [0.4, 0.5) is 11.9 Å². The zero-order chi connectivity index (χ0) is 14.7. The molecule has 0 radical (unpaired) electrons. The lowest BCUT2D eigenvalue weighted by Gasteiger charge is -2.34. The number of nitrogens with two attached hydrogens (primary N) is 1. The van der Waals surface area contributed by atoms with Crippen molar-refractivity contribution in [2.45, 2.75) is 58.6 Å². The molecule has 1 aliphatic rings. The predicted molar refractivity (Wildman–Crippen MR) is 79.8 cm³/mol. The summed E-state index contributed by atoms with van der Waals surface area (Å²) < 4.78 is 5.53. The maximum Gasteiger partial charge on any atom is 0.323 e. The smallest absolute Gasteiger partial charge is 0.323 e. The first-order valence-electron chi connectivity index (χ1n) is 7.36. The van der Waals surface area contributed by atoms with Gasteiger partial charge in [0, 0.05) is 13.1 Å². The number of nitrogen functional groups attached to an aromatic ring is 1. The van der Waals surface area contributed by atoms with E-state index in [0.29, 0.717) is 18.0 Å². The molecular formula is C14H25N5O. The minimum Gasteiger partial charge on any atom is -0.461 e. The molecule has 0 aromatic carbocycles. The Labute approximate surface area is 120 Å². The Bertz CT molecular complexity index is 451. The van der Waals surface area contributed by atoms with E-state index in [1.165, 1.54) is 25.7 Å². The summed E-state index contributed by atoms with van der Waals surface area (Å²) >= 11 is 0. The van der Waals surface area contributed by atoms with Gasteiger partial charge in [-0.1, -0.05) is 19.8 Å². The monoisotopic (exact) mass is 279 g/mol. The molecule has 2 N–H and O–H groups in total. The van der Waals surface area contributed by atoms with Crippen molar-refractivity contribution >= 4 is 11.9 Å². The standard InChI is InChI=1S/C14H25N5O/c1-9(2)20-14-17-12(15)16-13(18-14)19(4)11-7-5-6-10(3)8-11/h9-11H,5-8H2,1-4H3,(H2,15,16,17,18). The molecule has 0 spiro atoms. The third-order valence-electron chi connectivity index (χ3n) is 3.73. The number of nitrogens with zero attached hydrogens (tertiary/aromatic N) is 4. The first-order chi connectivity index (χ1) is 9.45. The van der Waals surface area contributed by atoms with E-state index in [9.17, 15) is 0 Å². The summed E-state index contributed by atoms with van der Waals surface area (Å²) in [5.74, 6) is 1.57. The first kappa shape index (κ1) is 14.8. The number of hydrogen-bond donors (Lipinski definition) is 1. The number of anilines is 2. The van der Waals surface area contributed by atoms with Crippen LogP contribution in [0.15, 0.2) is 0 Å². The molecule has 6 heteroatoms. The fourth-order valence-corrected chi connectivity index (χ4v) is 2.70. The van der Waals surface area contributed by atoms with Crippen LogP contribution < -0.4 is 15.4 Å². The van der Waals surface area contributed by atoms with Gasteiger partial charge in [-0.15, -0.1) is 0 Å². The van der Waals surface area contributed by atoms with E-state index in [1.807, 2.05) is 20.9 Å². The Morgan fingerprint density at radius 1 is 1.25 bits per heavy atom. The Balaban J connectivity index is 2.16.